The average molecular weight is 371 g/mol. The topological polar surface area (TPSA) is 87.5 Å². The summed E-state index contributed by atoms with van der Waals surface area (Å²) in [5, 5.41) is 12.7. The SMILES string of the molecule is CC1(CC(=O)Nc2nnc(C3CCCCC3)s2)C(=O)N=C2C=CC=CN21. The Bertz CT molecular complexity index is 821. The van der Waals surface area contributed by atoms with Crippen molar-refractivity contribution in [3.63, 3.8) is 0 Å². The van der Waals surface area contributed by atoms with E-state index in [0.717, 1.165) is 17.8 Å². The molecule has 2 aliphatic heterocycles. The Labute approximate surface area is 155 Å². The maximum absolute atomic E-state index is 12.5. The van der Waals surface area contributed by atoms with Crippen molar-refractivity contribution in [2.75, 3.05) is 5.32 Å². The Morgan fingerprint density at radius 1 is 1.31 bits per heavy atom. The van der Waals surface area contributed by atoms with Gasteiger partial charge in [-0.25, -0.2) is 0 Å². The maximum Gasteiger partial charge on any atom is 0.274 e. The molecule has 2 amide bonds. The number of hydrogen-bond acceptors (Lipinski definition) is 6. The monoisotopic (exact) mass is 371 g/mol. The Kier molecular flexibility index (Phi) is 4.44. The van der Waals surface area contributed by atoms with Crippen molar-refractivity contribution >= 4 is 34.1 Å². The van der Waals surface area contributed by atoms with Crippen molar-refractivity contribution in [3.8, 4) is 0 Å². The van der Waals surface area contributed by atoms with Crippen molar-refractivity contribution < 1.29 is 9.59 Å². The van der Waals surface area contributed by atoms with Gasteiger partial charge >= 0.3 is 0 Å². The molecule has 0 spiro atoms. The number of allylic oxidation sites excluding steroid dienone is 2. The number of carbonyl (C=O) groups is 2. The largest absolute Gasteiger partial charge is 0.317 e. The lowest BCUT2D eigenvalue weighted by atomic mass is 9.90. The third-order valence-corrected chi connectivity index (χ3v) is 6.19. The van der Waals surface area contributed by atoms with E-state index >= 15 is 0 Å². The van der Waals surface area contributed by atoms with Gasteiger partial charge in [0.2, 0.25) is 11.0 Å². The van der Waals surface area contributed by atoms with Crippen LogP contribution in [-0.2, 0) is 9.59 Å². The lowest BCUT2D eigenvalue weighted by Crippen LogP contribution is -2.48. The summed E-state index contributed by atoms with van der Waals surface area (Å²) >= 11 is 1.44. The molecule has 1 unspecified atom stereocenters. The standard InChI is InChI=1S/C18H21N5O2S/c1-18(16(25)19-13-9-5-6-10-23(13)18)11-14(24)20-17-22-21-15(26-17)12-7-3-2-4-8-12/h5-6,9-10,12H,2-4,7-8,11H2,1H3,(H,20,22,24). The van der Waals surface area contributed by atoms with Gasteiger partial charge in [0.05, 0.1) is 6.42 Å². The first kappa shape index (κ1) is 17.1. The van der Waals surface area contributed by atoms with Gasteiger partial charge in [-0.2, -0.15) is 4.99 Å². The van der Waals surface area contributed by atoms with Crippen LogP contribution in [0.4, 0.5) is 5.13 Å². The van der Waals surface area contributed by atoms with Crippen LogP contribution < -0.4 is 5.32 Å². The van der Waals surface area contributed by atoms with Gasteiger partial charge in [0.1, 0.15) is 16.4 Å². The summed E-state index contributed by atoms with van der Waals surface area (Å²) < 4.78 is 0. The van der Waals surface area contributed by atoms with E-state index in [1.54, 1.807) is 24.1 Å². The van der Waals surface area contributed by atoms with Gasteiger partial charge in [0.25, 0.3) is 5.91 Å². The van der Waals surface area contributed by atoms with Gasteiger partial charge in [0, 0.05) is 12.1 Å². The number of anilines is 1. The molecule has 136 valence electrons. The molecule has 1 saturated carbocycles. The number of nitrogens with zero attached hydrogens (tertiary/aromatic N) is 4. The van der Waals surface area contributed by atoms with Crippen LogP contribution in [0.1, 0.15) is 56.4 Å². The molecule has 0 radical (unpaired) electrons. The molecule has 3 heterocycles. The number of amidine groups is 1. The molecule has 4 rings (SSSR count). The minimum absolute atomic E-state index is 0.00928. The minimum atomic E-state index is -1.00. The number of amides is 2. The predicted molar refractivity (Wildman–Crippen MR) is 99.9 cm³/mol. The Balaban J connectivity index is 1.41. The molecule has 1 aromatic rings. The van der Waals surface area contributed by atoms with Gasteiger partial charge in [0.15, 0.2) is 0 Å². The van der Waals surface area contributed by atoms with Crippen LogP contribution in [-0.4, -0.2) is 38.3 Å². The van der Waals surface area contributed by atoms with Crippen LogP contribution in [0.25, 0.3) is 0 Å². The normalized spacial score (nSPS) is 25.3. The number of aliphatic imine (C=N–C) groups is 1. The quantitative estimate of drug-likeness (QED) is 0.879. The summed E-state index contributed by atoms with van der Waals surface area (Å²) in [6.07, 6.45) is 13.2. The molecule has 1 N–H and O–H groups in total. The average Bonchev–Trinajstić information content (AvgIpc) is 3.19. The molecule has 0 saturated heterocycles. The van der Waals surface area contributed by atoms with Crippen molar-refractivity contribution in [2.45, 2.75) is 56.9 Å². The van der Waals surface area contributed by atoms with Crippen LogP contribution >= 0.6 is 11.3 Å². The predicted octanol–water partition coefficient (Wildman–Crippen LogP) is 3.00. The summed E-state index contributed by atoms with van der Waals surface area (Å²) in [5.41, 5.74) is -1.00. The molecule has 1 aliphatic carbocycles. The number of carbonyl (C=O) groups excluding carboxylic acids is 2. The Morgan fingerprint density at radius 2 is 2.12 bits per heavy atom. The fraction of sp³-hybridized carbons (Fsp3) is 0.500. The molecular formula is C18H21N5O2S. The number of fused-ring (bicyclic) bond motifs is 1. The zero-order chi connectivity index (χ0) is 18.1. The third-order valence-electron chi connectivity index (χ3n) is 5.19. The van der Waals surface area contributed by atoms with E-state index in [9.17, 15) is 9.59 Å². The molecule has 8 heteroatoms. The smallest absolute Gasteiger partial charge is 0.274 e. The van der Waals surface area contributed by atoms with Gasteiger partial charge in [-0.15, -0.1) is 10.2 Å². The molecule has 7 nitrogen and oxygen atoms in total. The number of hydrogen-bond donors (Lipinski definition) is 1. The number of nitrogens with one attached hydrogen (secondary N) is 1. The first-order valence-electron chi connectivity index (χ1n) is 8.97. The van der Waals surface area contributed by atoms with Gasteiger partial charge in [-0.1, -0.05) is 36.7 Å². The highest BCUT2D eigenvalue weighted by molar-refractivity contribution is 7.15. The Morgan fingerprint density at radius 3 is 2.92 bits per heavy atom. The lowest BCUT2D eigenvalue weighted by molar-refractivity contribution is -0.128. The van der Waals surface area contributed by atoms with E-state index in [-0.39, 0.29) is 18.2 Å². The van der Waals surface area contributed by atoms with E-state index in [4.69, 9.17) is 0 Å². The second-order valence-corrected chi connectivity index (χ2v) is 8.13. The zero-order valence-corrected chi connectivity index (χ0v) is 15.5. The maximum atomic E-state index is 12.5. The molecule has 0 bridgehead atoms. The highest BCUT2D eigenvalue weighted by Crippen LogP contribution is 2.35. The number of aromatic nitrogens is 2. The summed E-state index contributed by atoms with van der Waals surface area (Å²) in [6.45, 7) is 1.74. The van der Waals surface area contributed by atoms with Crippen molar-refractivity contribution in [3.05, 3.63) is 29.4 Å². The summed E-state index contributed by atoms with van der Waals surface area (Å²) in [7, 11) is 0. The van der Waals surface area contributed by atoms with Gasteiger partial charge in [-0.3, -0.25) is 9.59 Å². The van der Waals surface area contributed by atoms with E-state index in [2.05, 4.69) is 20.5 Å². The third kappa shape index (κ3) is 3.09. The van der Waals surface area contributed by atoms with Crippen LogP contribution in [0.15, 0.2) is 29.4 Å². The fourth-order valence-electron chi connectivity index (χ4n) is 3.71. The van der Waals surface area contributed by atoms with Gasteiger partial charge in [-0.05, 0) is 31.9 Å². The highest BCUT2D eigenvalue weighted by Gasteiger charge is 2.46. The highest BCUT2D eigenvalue weighted by atomic mass is 32.1. The summed E-state index contributed by atoms with van der Waals surface area (Å²) in [6, 6.07) is 0. The molecule has 26 heavy (non-hydrogen) atoms. The van der Waals surface area contributed by atoms with Crippen LogP contribution in [0.3, 0.4) is 0 Å². The van der Waals surface area contributed by atoms with E-state index in [1.807, 2.05) is 12.2 Å². The van der Waals surface area contributed by atoms with Crippen molar-refractivity contribution in [2.24, 2.45) is 4.99 Å². The minimum Gasteiger partial charge on any atom is -0.317 e. The second-order valence-electron chi connectivity index (χ2n) is 7.12. The zero-order valence-electron chi connectivity index (χ0n) is 14.6. The van der Waals surface area contributed by atoms with E-state index in [0.29, 0.717) is 16.9 Å². The molecule has 1 atom stereocenters. The molecule has 1 fully saturated rings. The van der Waals surface area contributed by atoms with Crippen LogP contribution in [0.2, 0.25) is 0 Å². The summed E-state index contributed by atoms with van der Waals surface area (Å²) in [5.74, 6) is 0.468. The van der Waals surface area contributed by atoms with E-state index < -0.39 is 5.54 Å². The van der Waals surface area contributed by atoms with E-state index in [1.165, 1.54) is 30.6 Å². The first-order valence-corrected chi connectivity index (χ1v) is 9.78. The van der Waals surface area contributed by atoms with Crippen molar-refractivity contribution in [1.29, 1.82) is 0 Å². The fourth-order valence-corrected chi connectivity index (χ4v) is 4.64. The van der Waals surface area contributed by atoms with Crippen molar-refractivity contribution in [1.82, 2.24) is 15.1 Å². The second kappa shape index (κ2) is 6.75. The first-order chi connectivity index (χ1) is 12.6. The molecule has 0 aromatic carbocycles. The Hall–Kier alpha value is -2.35. The summed E-state index contributed by atoms with van der Waals surface area (Å²) in [4.78, 5) is 30.7. The molecular weight excluding hydrogens is 350 g/mol. The van der Waals surface area contributed by atoms with Crippen LogP contribution in [0, 0.1) is 0 Å². The number of rotatable bonds is 4. The molecule has 3 aliphatic rings. The van der Waals surface area contributed by atoms with Gasteiger partial charge < -0.3 is 10.2 Å². The lowest BCUT2D eigenvalue weighted by Gasteiger charge is -2.32. The van der Waals surface area contributed by atoms with Crippen LogP contribution in [0.5, 0.6) is 0 Å². The molecule has 1 aromatic heterocycles.